The van der Waals surface area contributed by atoms with Gasteiger partial charge >= 0.3 is 0 Å². The Morgan fingerprint density at radius 1 is 1.27 bits per heavy atom. The van der Waals surface area contributed by atoms with Gasteiger partial charge in [-0.15, -0.1) is 0 Å². The zero-order chi connectivity index (χ0) is 10.8. The van der Waals surface area contributed by atoms with Crippen LogP contribution >= 0.6 is 0 Å². The summed E-state index contributed by atoms with van der Waals surface area (Å²) < 4.78 is 13.6. The molecule has 2 heteroatoms. The molecule has 0 amide bonds. The van der Waals surface area contributed by atoms with Crippen LogP contribution < -0.4 is 0 Å². The molecule has 1 aromatic carbocycles. The topological polar surface area (TPSA) is 3.24 Å². The maximum Gasteiger partial charge on any atom is 0.132 e. The Labute approximate surface area is 88.8 Å². The first-order chi connectivity index (χ1) is 7.20. The van der Waals surface area contributed by atoms with Crippen molar-refractivity contribution in [2.45, 2.75) is 0 Å². The third-order valence-corrected chi connectivity index (χ3v) is 2.48. The van der Waals surface area contributed by atoms with Gasteiger partial charge in [-0.05, 0) is 24.3 Å². The lowest BCUT2D eigenvalue weighted by atomic mass is 10.1. The van der Waals surface area contributed by atoms with E-state index in [0.717, 1.165) is 11.4 Å². The summed E-state index contributed by atoms with van der Waals surface area (Å²) in [5.41, 5.74) is 2.29. The van der Waals surface area contributed by atoms with Gasteiger partial charge < -0.3 is 4.90 Å². The lowest BCUT2D eigenvalue weighted by Crippen LogP contribution is -2.17. The van der Waals surface area contributed by atoms with E-state index in [4.69, 9.17) is 0 Å². The first-order valence-electron chi connectivity index (χ1n) is 4.76. The highest BCUT2D eigenvalue weighted by atomic mass is 19.1. The number of allylic oxidation sites excluding steroid dienone is 3. The molecule has 0 saturated carbocycles. The van der Waals surface area contributed by atoms with E-state index in [0.29, 0.717) is 5.56 Å². The van der Waals surface area contributed by atoms with Crippen LogP contribution in [-0.4, -0.2) is 11.9 Å². The lowest BCUT2D eigenvalue weighted by molar-refractivity contribution is 0.587. The van der Waals surface area contributed by atoms with Crippen molar-refractivity contribution in [1.29, 1.82) is 0 Å². The molecule has 0 fully saturated rings. The fourth-order valence-corrected chi connectivity index (χ4v) is 1.57. The highest BCUT2D eigenvalue weighted by Crippen LogP contribution is 2.26. The van der Waals surface area contributed by atoms with Gasteiger partial charge in [0.2, 0.25) is 0 Å². The van der Waals surface area contributed by atoms with E-state index >= 15 is 0 Å². The van der Waals surface area contributed by atoms with Crippen molar-refractivity contribution in [2.24, 2.45) is 0 Å². The average Bonchev–Trinajstić information content (AvgIpc) is 2.23. The van der Waals surface area contributed by atoms with Crippen molar-refractivity contribution in [3.05, 3.63) is 66.2 Å². The van der Waals surface area contributed by atoms with Gasteiger partial charge in [0, 0.05) is 18.3 Å². The number of hydrogen-bond donors (Lipinski definition) is 0. The largest absolute Gasteiger partial charge is 0.345 e. The van der Waals surface area contributed by atoms with Crippen LogP contribution in [0, 0.1) is 5.82 Å². The third kappa shape index (κ3) is 1.71. The van der Waals surface area contributed by atoms with Gasteiger partial charge in [0.1, 0.15) is 5.82 Å². The Kier molecular flexibility index (Phi) is 2.42. The maximum atomic E-state index is 13.6. The van der Waals surface area contributed by atoms with Crippen molar-refractivity contribution in [2.75, 3.05) is 7.05 Å². The van der Waals surface area contributed by atoms with Crippen molar-refractivity contribution in [3.63, 3.8) is 0 Å². The van der Waals surface area contributed by atoms with Crippen LogP contribution in [0.2, 0.25) is 0 Å². The summed E-state index contributed by atoms with van der Waals surface area (Å²) in [7, 11) is 1.88. The Bertz CT molecular complexity index is 457. The van der Waals surface area contributed by atoms with Crippen LogP contribution in [0.3, 0.4) is 0 Å². The second kappa shape index (κ2) is 3.73. The number of benzene rings is 1. The quantitative estimate of drug-likeness (QED) is 0.674. The number of halogens is 1. The fourth-order valence-electron chi connectivity index (χ4n) is 1.57. The van der Waals surface area contributed by atoms with Gasteiger partial charge in [0.25, 0.3) is 0 Å². The van der Waals surface area contributed by atoms with Crippen molar-refractivity contribution in [1.82, 2.24) is 4.90 Å². The number of nitrogens with zero attached hydrogens (tertiary/aromatic N) is 1. The summed E-state index contributed by atoms with van der Waals surface area (Å²) in [6, 6.07) is 6.75. The van der Waals surface area contributed by atoms with Crippen LogP contribution in [0.4, 0.5) is 4.39 Å². The summed E-state index contributed by atoms with van der Waals surface area (Å²) in [6.45, 7) is 3.88. The monoisotopic (exact) mass is 201 g/mol. The Hall–Kier alpha value is -1.83. The summed E-state index contributed by atoms with van der Waals surface area (Å²) in [5.74, 6) is -0.210. The first-order valence-corrected chi connectivity index (χ1v) is 4.76. The van der Waals surface area contributed by atoms with Gasteiger partial charge in [-0.3, -0.25) is 0 Å². The summed E-state index contributed by atoms with van der Waals surface area (Å²) in [5, 5.41) is 0. The lowest BCUT2D eigenvalue weighted by Gasteiger charge is -2.25. The van der Waals surface area contributed by atoms with Gasteiger partial charge in [-0.1, -0.05) is 24.8 Å². The summed E-state index contributed by atoms with van der Waals surface area (Å²) in [6.07, 6.45) is 5.65. The van der Waals surface area contributed by atoms with Crippen LogP contribution in [0.5, 0.6) is 0 Å². The molecule has 0 unspecified atom stereocenters. The van der Waals surface area contributed by atoms with E-state index in [9.17, 15) is 4.39 Å². The standard InChI is InChI=1S/C13H12FN/c1-10-6-5-9-13(15(10)2)11-7-3-4-8-12(11)14/h3-9H,1H2,2H3. The Balaban J connectivity index is 2.48. The van der Waals surface area contributed by atoms with Gasteiger partial charge in [-0.2, -0.15) is 0 Å². The van der Waals surface area contributed by atoms with E-state index < -0.39 is 0 Å². The number of rotatable bonds is 1. The zero-order valence-electron chi connectivity index (χ0n) is 8.57. The maximum absolute atomic E-state index is 13.6. The molecule has 1 heterocycles. The molecular weight excluding hydrogens is 189 g/mol. The summed E-state index contributed by atoms with van der Waals surface area (Å²) in [4.78, 5) is 1.87. The average molecular weight is 201 g/mol. The van der Waals surface area contributed by atoms with Crippen LogP contribution in [0.25, 0.3) is 5.70 Å². The molecule has 15 heavy (non-hydrogen) atoms. The minimum atomic E-state index is -0.210. The molecule has 0 atom stereocenters. The molecule has 0 saturated heterocycles. The first kappa shape index (κ1) is 9.71. The van der Waals surface area contributed by atoms with E-state index in [1.54, 1.807) is 12.1 Å². The smallest absolute Gasteiger partial charge is 0.132 e. The number of hydrogen-bond acceptors (Lipinski definition) is 1. The molecule has 0 bridgehead atoms. The molecule has 0 radical (unpaired) electrons. The molecule has 76 valence electrons. The minimum Gasteiger partial charge on any atom is -0.345 e. The fraction of sp³-hybridized carbons (Fsp3) is 0.0769. The van der Waals surface area contributed by atoms with Crippen molar-refractivity contribution in [3.8, 4) is 0 Å². The zero-order valence-corrected chi connectivity index (χ0v) is 8.57. The predicted molar refractivity (Wildman–Crippen MR) is 60.4 cm³/mol. The van der Waals surface area contributed by atoms with Crippen molar-refractivity contribution < 1.29 is 4.39 Å². The number of likely N-dealkylation sites (N-methyl/N-ethyl adjacent to an activating group) is 1. The SMILES string of the molecule is C=C1C=CC=C(c2ccccc2F)N1C. The van der Waals surface area contributed by atoms with Crippen molar-refractivity contribution >= 4 is 5.70 Å². The van der Waals surface area contributed by atoms with E-state index in [-0.39, 0.29) is 5.82 Å². The molecule has 0 spiro atoms. The molecule has 1 nitrogen and oxygen atoms in total. The predicted octanol–water partition coefficient (Wildman–Crippen LogP) is 3.18. The molecular formula is C13H12FN. The third-order valence-electron chi connectivity index (χ3n) is 2.48. The molecule has 1 aromatic rings. The summed E-state index contributed by atoms with van der Waals surface area (Å²) >= 11 is 0. The second-order valence-corrected chi connectivity index (χ2v) is 3.44. The van der Waals surface area contributed by atoms with Gasteiger partial charge in [0.15, 0.2) is 0 Å². The minimum absolute atomic E-state index is 0.210. The van der Waals surface area contributed by atoms with E-state index in [2.05, 4.69) is 6.58 Å². The Morgan fingerprint density at radius 3 is 2.73 bits per heavy atom. The molecule has 1 aliphatic rings. The molecule has 0 aromatic heterocycles. The van der Waals surface area contributed by atoms with E-state index in [1.807, 2.05) is 36.2 Å². The highest BCUT2D eigenvalue weighted by molar-refractivity contribution is 5.69. The molecule has 1 aliphatic heterocycles. The van der Waals surface area contributed by atoms with E-state index in [1.165, 1.54) is 6.07 Å². The van der Waals surface area contributed by atoms with Crippen LogP contribution in [0.15, 0.2) is 54.8 Å². The van der Waals surface area contributed by atoms with Crippen LogP contribution in [-0.2, 0) is 0 Å². The van der Waals surface area contributed by atoms with Gasteiger partial charge in [-0.25, -0.2) is 4.39 Å². The molecule has 0 N–H and O–H groups in total. The molecule has 0 aliphatic carbocycles. The highest BCUT2D eigenvalue weighted by Gasteiger charge is 2.14. The normalized spacial score (nSPS) is 15.5. The molecule has 2 rings (SSSR count). The van der Waals surface area contributed by atoms with Crippen LogP contribution in [0.1, 0.15) is 5.56 Å². The van der Waals surface area contributed by atoms with Gasteiger partial charge in [0.05, 0.1) is 5.70 Å². The Morgan fingerprint density at radius 2 is 2.00 bits per heavy atom. The second-order valence-electron chi connectivity index (χ2n) is 3.44.